The first-order valence-electron chi connectivity index (χ1n) is 8.90. The van der Waals surface area contributed by atoms with Gasteiger partial charge in [-0.2, -0.15) is 0 Å². The number of aryl methyl sites for hydroxylation is 1. The van der Waals surface area contributed by atoms with Gasteiger partial charge in [0, 0.05) is 25.0 Å². The van der Waals surface area contributed by atoms with E-state index in [9.17, 15) is 4.79 Å². The number of carbonyl (C=O) groups is 1. The Morgan fingerprint density at radius 1 is 1.15 bits per heavy atom. The van der Waals surface area contributed by atoms with Crippen LogP contribution in [-0.4, -0.2) is 39.6 Å². The van der Waals surface area contributed by atoms with Gasteiger partial charge >= 0.3 is 0 Å². The summed E-state index contributed by atoms with van der Waals surface area (Å²) in [5, 5.41) is 0. The molecular weight excluding hydrogens is 342 g/mol. The van der Waals surface area contributed by atoms with Gasteiger partial charge in [-0.05, 0) is 24.3 Å². The number of fused-ring (bicyclic) bond motifs is 1. The van der Waals surface area contributed by atoms with Gasteiger partial charge in [0.25, 0.3) is 5.91 Å². The fourth-order valence-corrected chi connectivity index (χ4v) is 3.10. The summed E-state index contributed by atoms with van der Waals surface area (Å²) in [5.41, 5.74) is 0.642. The number of hydrogen-bond donors (Lipinski definition) is 0. The van der Waals surface area contributed by atoms with Crippen molar-refractivity contribution >= 4 is 5.91 Å². The van der Waals surface area contributed by atoms with Gasteiger partial charge in [-0.25, -0.2) is 4.98 Å². The molecule has 138 valence electrons. The Morgan fingerprint density at radius 2 is 1.89 bits per heavy atom. The highest BCUT2D eigenvalue weighted by atomic mass is 16.6. The Labute approximate surface area is 158 Å². The van der Waals surface area contributed by atoms with Gasteiger partial charge in [-0.1, -0.05) is 30.3 Å². The summed E-state index contributed by atoms with van der Waals surface area (Å²) in [4.78, 5) is 19.2. The molecule has 1 amide bonds. The van der Waals surface area contributed by atoms with Gasteiger partial charge < -0.3 is 18.9 Å². The van der Waals surface area contributed by atoms with E-state index >= 15 is 0 Å². The molecule has 1 aromatic heterocycles. The predicted octanol–water partition coefficient (Wildman–Crippen LogP) is 2.90. The predicted molar refractivity (Wildman–Crippen MR) is 101 cm³/mol. The van der Waals surface area contributed by atoms with Crippen molar-refractivity contribution in [2.24, 2.45) is 7.05 Å². The van der Waals surface area contributed by atoms with Crippen molar-refractivity contribution in [1.29, 1.82) is 0 Å². The molecule has 27 heavy (non-hydrogen) atoms. The Hall–Kier alpha value is -3.28. The SMILES string of the molecule is Cn1ccnc1CN(C[C@H]1COc2ccccc2O1)C(=O)c1ccccc1. The van der Waals surface area contributed by atoms with Crippen LogP contribution < -0.4 is 9.47 Å². The Bertz CT molecular complexity index is 923. The lowest BCUT2D eigenvalue weighted by atomic mass is 10.2. The Kier molecular flexibility index (Phi) is 4.78. The number of nitrogens with zero attached hydrogens (tertiary/aromatic N) is 3. The van der Waals surface area contributed by atoms with Gasteiger partial charge in [0.1, 0.15) is 12.4 Å². The lowest BCUT2D eigenvalue weighted by Crippen LogP contribution is -2.43. The van der Waals surface area contributed by atoms with Crippen molar-refractivity contribution in [3.8, 4) is 11.5 Å². The molecule has 1 aliphatic heterocycles. The van der Waals surface area contributed by atoms with E-state index in [0.717, 1.165) is 11.6 Å². The molecule has 0 spiro atoms. The second kappa shape index (κ2) is 7.53. The lowest BCUT2D eigenvalue weighted by Gasteiger charge is -2.31. The minimum atomic E-state index is -0.243. The van der Waals surface area contributed by atoms with E-state index < -0.39 is 0 Å². The molecule has 6 heteroatoms. The average Bonchev–Trinajstić information content (AvgIpc) is 3.12. The van der Waals surface area contributed by atoms with Gasteiger partial charge in [0.15, 0.2) is 17.6 Å². The number of benzene rings is 2. The maximum Gasteiger partial charge on any atom is 0.254 e. The largest absolute Gasteiger partial charge is 0.486 e. The summed E-state index contributed by atoms with van der Waals surface area (Å²) < 4.78 is 13.8. The van der Waals surface area contributed by atoms with E-state index in [1.807, 2.05) is 72.4 Å². The van der Waals surface area contributed by atoms with Crippen molar-refractivity contribution in [2.45, 2.75) is 12.6 Å². The summed E-state index contributed by atoms with van der Waals surface area (Å²) in [6.07, 6.45) is 3.36. The summed E-state index contributed by atoms with van der Waals surface area (Å²) >= 11 is 0. The molecule has 6 nitrogen and oxygen atoms in total. The summed E-state index contributed by atoms with van der Waals surface area (Å²) in [6.45, 7) is 1.21. The third-order valence-electron chi connectivity index (χ3n) is 4.55. The molecule has 2 heterocycles. The Balaban J connectivity index is 1.55. The van der Waals surface area contributed by atoms with Gasteiger partial charge in [-0.15, -0.1) is 0 Å². The van der Waals surface area contributed by atoms with Crippen molar-refractivity contribution in [1.82, 2.24) is 14.5 Å². The number of amides is 1. The van der Waals surface area contributed by atoms with Crippen LogP contribution in [0.5, 0.6) is 11.5 Å². The first-order chi connectivity index (χ1) is 13.2. The number of hydrogen-bond acceptors (Lipinski definition) is 4. The third-order valence-corrected chi connectivity index (χ3v) is 4.55. The topological polar surface area (TPSA) is 56.6 Å². The Morgan fingerprint density at radius 3 is 2.63 bits per heavy atom. The van der Waals surface area contributed by atoms with Crippen LogP contribution in [0.15, 0.2) is 67.0 Å². The van der Waals surface area contributed by atoms with Crippen molar-refractivity contribution in [2.75, 3.05) is 13.2 Å². The molecule has 4 rings (SSSR count). The van der Waals surface area contributed by atoms with Crippen molar-refractivity contribution in [3.63, 3.8) is 0 Å². The van der Waals surface area contributed by atoms with Crippen LogP contribution in [0.1, 0.15) is 16.2 Å². The fraction of sp³-hybridized carbons (Fsp3) is 0.238. The van der Waals surface area contributed by atoms with Crippen LogP contribution in [0.4, 0.5) is 0 Å². The maximum absolute atomic E-state index is 13.1. The minimum absolute atomic E-state index is 0.0546. The number of carbonyl (C=O) groups excluding carboxylic acids is 1. The van der Waals surface area contributed by atoms with E-state index in [1.165, 1.54) is 0 Å². The molecule has 1 atom stereocenters. The van der Waals surface area contributed by atoms with Gasteiger partial charge in [0.2, 0.25) is 0 Å². The van der Waals surface area contributed by atoms with E-state index in [1.54, 1.807) is 11.1 Å². The zero-order valence-corrected chi connectivity index (χ0v) is 15.1. The van der Waals surface area contributed by atoms with Crippen LogP contribution in [0.25, 0.3) is 0 Å². The quantitative estimate of drug-likeness (QED) is 0.699. The summed E-state index contributed by atoms with van der Waals surface area (Å²) in [7, 11) is 1.92. The second-order valence-electron chi connectivity index (χ2n) is 6.50. The maximum atomic E-state index is 13.1. The molecule has 0 unspecified atom stereocenters. The van der Waals surface area contributed by atoms with Gasteiger partial charge in [0.05, 0.1) is 13.1 Å². The van der Waals surface area contributed by atoms with Crippen LogP contribution >= 0.6 is 0 Å². The molecule has 3 aromatic rings. The number of rotatable bonds is 5. The van der Waals surface area contributed by atoms with Crippen LogP contribution in [-0.2, 0) is 13.6 Å². The van der Waals surface area contributed by atoms with Gasteiger partial charge in [-0.3, -0.25) is 4.79 Å². The average molecular weight is 363 g/mol. The van der Waals surface area contributed by atoms with Crippen LogP contribution in [0.2, 0.25) is 0 Å². The normalized spacial score (nSPS) is 15.4. The number of aromatic nitrogens is 2. The molecular formula is C21H21N3O3. The molecule has 0 saturated heterocycles. The van der Waals surface area contributed by atoms with Crippen molar-refractivity contribution in [3.05, 3.63) is 78.4 Å². The molecule has 0 radical (unpaired) electrons. The van der Waals surface area contributed by atoms with E-state index in [2.05, 4.69) is 4.98 Å². The second-order valence-corrected chi connectivity index (χ2v) is 6.50. The number of para-hydroxylation sites is 2. The molecule has 0 saturated carbocycles. The fourth-order valence-electron chi connectivity index (χ4n) is 3.10. The molecule has 1 aliphatic rings. The van der Waals surface area contributed by atoms with Crippen LogP contribution in [0, 0.1) is 0 Å². The van der Waals surface area contributed by atoms with E-state index in [-0.39, 0.29) is 12.0 Å². The number of imidazole rings is 1. The van der Waals surface area contributed by atoms with E-state index in [4.69, 9.17) is 9.47 Å². The third kappa shape index (κ3) is 3.79. The first kappa shape index (κ1) is 17.1. The van der Waals surface area contributed by atoms with Crippen molar-refractivity contribution < 1.29 is 14.3 Å². The summed E-state index contributed by atoms with van der Waals surface area (Å²) in [6, 6.07) is 16.8. The van der Waals surface area contributed by atoms with Crippen LogP contribution in [0.3, 0.4) is 0 Å². The molecule has 2 aromatic carbocycles. The molecule has 0 fully saturated rings. The zero-order chi connectivity index (χ0) is 18.6. The monoisotopic (exact) mass is 363 g/mol. The highest BCUT2D eigenvalue weighted by Crippen LogP contribution is 2.31. The number of ether oxygens (including phenoxy) is 2. The smallest absolute Gasteiger partial charge is 0.254 e. The zero-order valence-electron chi connectivity index (χ0n) is 15.1. The summed E-state index contributed by atoms with van der Waals surface area (Å²) in [5.74, 6) is 2.20. The molecule has 0 N–H and O–H groups in total. The minimum Gasteiger partial charge on any atom is -0.486 e. The standard InChI is InChI=1S/C21H21N3O3/c1-23-12-11-22-20(23)14-24(21(25)16-7-3-2-4-8-16)13-17-15-26-18-9-5-6-10-19(18)27-17/h2-12,17H,13-15H2,1H3/t17-/m0/s1. The molecule has 0 bridgehead atoms. The molecule has 0 aliphatic carbocycles. The highest BCUT2D eigenvalue weighted by Gasteiger charge is 2.26. The first-order valence-corrected chi connectivity index (χ1v) is 8.90. The lowest BCUT2D eigenvalue weighted by molar-refractivity contribution is 0.0437. The van der Waals surface area contributed by atoms with E-state index in [0.29, 0.717) is 31.0 Å². The highest BCUT2D eigenvalue weighted by molar-refractivity contribution is 5.94.